The average molecular weight is 347 g/mol. The highest BCUT2D eigenvalue weighted by molar-refractivity contribution is 6.03. The van der Waals surface area contributed by atoms with Gasteiger partial charge in [0.15, 0.2) is 0 Å². The first-order chi connectivity index (χ1) is 12.0. The van der Waals surface area contributed by atoms with Crippen molar-refractivity contribution in [1.82, 2.24) is 9.55 Å². The minimum absolute atomic E-state index is 0.173. The minimum Gasteiger partial charge on any atom is -0.467 e. The van der Waals surface area contributed by atoms with Crippen LogP contribution in [0.25, 0.3) is 0 Å². The van der Waals surface area contributed by atoms with Crippen LogP contribution >= 0.6 is 0 Å². The molecule has 128 valence electrons. The van der Waals surface area contributed by atoms with Crippen LogP contribution in [0, 0.1) is 11.6 Å². The SMILES string of the molecule is O=C(Nc1ccc(F)cc1F)c1c[nH]c(=O)n(Cc2ccco2)c1=O. The summed E-state index contributed by atoms with van der Waals surface area (Å²) in [4.78, 5) is 38.7. The molecule has 1 amide bonds. The number of aromatic nitrogens is 2. The quantitative estimate of drug-likeness (QED) is 0.751. The van der Waals surface area contributed by atoms with E-state index in [0.29, 0.717) is 11.8 Å². The third-order valence-electron chi connectivity index (χ3n) is 3.38. The fourth-order valence-corrected chi connectivity index (χ4v) is 2.16. The molecule has 2 N–H and O–H groups in total. The number of aromatic amines is 1. The van der Waals surface area contributed by atoms with Crippen LogP contribution in [0.1, 0.15) is 16.1 Å². The molecule has 0 saturated carbocycles. The van der Waals surface area contributed by atoms with Gasteiger partial charge >= 0.3 is 5.69 Å². The Balaban J connectivity index is 1.93. The van der Waals surface area contributed by atoms with E-state index in [0.717, 1.165) is 22.9 Å². The fourth-order valence-electron chi connectivity index (χ4n) is 2.16. The van der Waals surface area contributed by atoms with Crippen molar-refractivity contribution in [3.05, 3.63) is 86.6 Å². The number of benzene rings is 1. The molecule has 0 fully saturated rings. The molecule has 0 atom stereocenters. The Bertz CT molecular complexity index is 1040. The molecule has 0 aliphatic rings. The summed E-state index contributed by atoms with van der Waals surface area (Å²) in [6, 6.07) is 5.73. The van der Waals surface area contributed by atoms with Crippen LogP contribution in [0.15, 0.2) is 56.8 Å². The van der Waals surface area contributed by atoms with Gasteiger partial charge in [0.2, 0.25) is 0 Å². The molecule has 3 aromatic rings. The lowest BCUT2D eigenvalue weighted by Crippen LogP contribution is -2.39. The highest BCUT2D eigenvalue weighted by atomic mass is 19.1. The van der Waals surface area contributed by atoms with E-state index in [2.05, 4.69) is 10.3 Å². The molecule has 0 aliphatic carbocycles. The summed E-state index contributed by atoms with van der Waals surface area (Å²) in [5.41, 5.74) is -2.31. The van der Waals surface area contributed by atoms with Crippen molar-refractivity contribution in [3.8, 4) is 0 Å². The van der Waals surface area contributed by atoms with Gasteiger partial charge in [-0.3, -0.25) is 14.2 Å². The smallest absolute Gasteiger partial charge is 0.328 e. The van der Waals surface area contributed by atoms with E-state index in [1.165, 1.54) is 6.26 Å². The van der Waals surface area contributed by atoms with Gasteiger partial charge < -0.3 is 14.7 Å². The first-order valence-electron chi connectivity index (χ1n) is 7.07. The van der Waals surface area contributed by atoms with Crippen molar-refractivity contribution in [1.29, 1.82) is 0 Å². The molecule has 0 radical (unpaired) electrons. The van der Waals surface area contributed by atoms with Gasteiger partial charge in [0.1, 0.15) is 23.0 Å². The Morgan fingerprint density at radius 2 is 2.04 bits per heavy atom. The predicted octanol–water partition coefficient (Wildman–Crippen LogP) is 1.71. The molecule has 0 unspecified atom stereocenters. The number of nitrogens with one attached hydrogen (secondary N) is 2. The first kappa shape index (κ1) is 16.4. The first-order valence-corrected chi connectivity index (χ1v) is 7.07. The molecule has 9 heteroatoms. The Morgan fingerprint density at radius 3 is 2.72 bits per heavy atom. The predicted molar refractivity (Wildman–Crippen MR) is 83.4 cm³/mol. The summed E-state index contributed by atoms with van der Waals surface area (Å²) in [5, 5.41) is 2.16. The molecule has 3 rings (SSSR count). The van der Waals surface area contributed by atoms with Crippen LogP contribution in [0.5, 0.6) is 0 Å². The van der Waals surface area contributed by atoms with Gasteiger partial charge in [-0.15, -0.1) is 0 Å². The van der Waals surface area contributed by atoms with Crippen LogP contribution < -0.4 is 16.6 Å². The standard InChI is InChI=1S/C16H11F2N3O4/c17-9-3-4-13(12(18)6-9)20-14(22)11-7-19-16(24)21(15(11)23)8-10-2-1-5-25-10/h1-7H,8H2,(H,19,24)(H,20,22). The van der Waals surface area contributed by atoms with Gasteiger partial charge in [0.05, 0.1) is 18.5 Å². The molecule has 2 heterocycles. The Labute approximate surface area is 138 Å². The number of furan rings is 1. The van der Waals surface area contributed by atoms with Gasteiger partial charge in [0.25, 0.3) is 11.5 Å². The van der Waals surface area contributed by atoms with Gasteiger partial charge in [-0.1, -0.05) is 0 Å². The van der Waals surface area contributed by atoms with E-state index in [9.17, 15) is 23.2 Å². The molecule has 2 aromatic heterocycles. The number of carbonyl (C=O) groups is 1. The van der Waals surface area contributed by atoms with E-state index in [-0.39, 0.29) is 12.2 Å². The van der Waals surface area contributed by atoms with Crippen molar-refractivity contribution in [2.24, 2.45) is 0 Å². The second-order valence-electron chi connectivity index (χ2n) is 5.06. The minimum atomic E-state index is -0.992. The third-order valence-corrected chi connectivity index (χ3v) is 3.38. The van der Waals surface area contributed by atoms with E-state index in [4.69, 9.17) is 4.42 Å². The maximum atomic E-state index is 13.6. The molecule has 0 saturated heterocycles. The summed E-state index contributed by atoms with van der Waals surface area (Å²) in [6.07, 6.45) is 2.31. The molecule has 1 aromatic carbocycles. The van der Waals surface area contributed by atoms with Crippen LogP contribution in [0.4, 0.5) is 14.5 Å². The van der Waals surface area contributed by atoms with Crippen LogP contribution in [0.2, 0.25) is 0 Å². The largest absolute Gasteiger partial charge is 0.467 e. The maximum absolute atomic E-state index is 13.6. The number of halogens is 2. The Hall–Kier alpha value is -3.49. The molecule has 0 aliphatic heterocycles. The second-order valence-corrected chi connectivity index (χ2v) is 5.06. The van der Waals surface area contributed by atoms with Crippen LogP contribution in [-0.4, -0.2) is 15.5 Å². The number of H-pyrrole nitrogens is 1. The van der Waals surface area contributed by atoms with Crippen molar-refractivity contribution < 1.29 is 18.0 Å². The monoisotopic (exact) mass is 347 g/mol. The number of rotatable bonds is 4. The highest BCUT2D eigenvalue weighted by Crippen LogP contribution is 2.15. The Morgan fingerprint density at radius 1 is 1.24 bits per heavy atom. The molecule has 7 nitrogen and oxygen atoms in total. The van der Waals surface area contributed by atoms with E-state index in [1.54, 1.807) is 12.1 Å². The lowest BCUT2D eigenvalue weighted by molar-refractivity contribution is 0.102. The van der Waals surface area contributed by atoms with Gasteiger partial charge in [-0.25, -0.2) is 13.6 Å². The van der Waals surface area contributed by atoms with Gasteiger partial charge in [-0.05, 0) is 24.3 Å². The number of nitrogens with zero attached hydrogens (tertiary/aromatic N) is 1. The number of carbonyl (C=O) groups excluding carboxylic acids is 1. The Kier molecular flexibility index (Phi) is 4.29. The molecular formula is C16H11F2N3O4. The number of hydrogen-bond acceptors (Lipinski definition) is 4. The number of amides is 1. The number of hydrogen-bond donors (Lipinski definition) is 2. The molecule has 0 spiro atoms. The summed E-state index contributed by atoms with van der Waals surface area (Å²) < 4.78 is 32.4. The highest BCUT2D eigenvalue weighted by Gasteiger charge is 2.17. The van der Waals surface area contributed by atoms with Gasteiger partial charge in [-0.2, -0.15) is 0 Å². The van der Waals surface area contributed by atoms with E-state index >= 15 is 0 Å². The van der Waals surface area contributed by atoms with Crippen molar-refractivity contribution in [2.45, 2.75) is 6.54 Å². The average Bonchev–Trinajstić information content (AvgIpc) is 3.07. The van der Waals surface area contributed by atoms with E-state index in [1.807, 2.05) is 0 Å². The number of anilines is 1. The van der Waals surface area contributed by atoms with Gasteiger partial charge in [0, 0.05) is 12.3 Å². The van der Waals surface area contributed by atoms with Crippen LogP contribution in [0.3, 0.4) is 0 Å². The third kappa shape index (κ3) is 3.39. The van der Waals surface area contributed by atoms with E-state index < -0.39 is 34.4 Å². The lowest BCUT2D eigenvalue weighted by atomic mass is 10.2. The zero-order chi connectivity index (χ0) is 18.0. The van der Waals surface area contributed by atoms with Crippen LogP contribution in [-0.2, 0) is 6.54 Å². The summed E-state index contributed by atoms with van der Waals surface area (Å²) in [5.74, 6) is -2.40. The summed E-state index contributed by atoms with van der Waals surface area (Å²) in [6.45, 7) is -0.173. The van der Waals surface area contributed by atoms with Crippen molar-refractivity contribution >= 4 is 11.6 Å². The maximum Gasteiger partial charge on any atom is 0.328 e. The summed E-state index contributed by atoms with van der Waals surface area (Å²) >= 11 is 0. The fraction of sp³-hybridized carbons (Fsp3) is 0.0625. The lowest BCUT2D eigenvalue weighted by Gasteiger charge is -2.08. The molecule has 25 heavy (non-hydrogen) atoms. The molecule has 0 bridgehead atoms. The second kappa shape index (κ2) is 6.56. The summed E-state index contributed by atoms with van der Waals surface area (Å²) in [7, 11) is 0. The topological polar surface area (TPSA) is 97.1 Å². The zero-order valence-electron chi connectivity index (χ0n) is 12.6. The molecular weight excluding hydrogens is 336 g/mol. The normalized spacial score (nSPS) is 10.6. The van der Waals surface area contributed by atoms with Crippen molar-refractivity contribution in [3.63, 3.8) is 0 Å². The zero-order valence-corrected chi connectivity index (χ0v) is 12.6. The van der Waals surface area contributed by atoms with Crippen molar-refractivity contribution in [2.75, 3.05) is 5.32 Å².